The molecule has 0 atom stereocenters. The number of esters is 1. The Morgan fingerprint density at radius 2 is 1.94 bits per heavy atom. The molecule has 0 unspecified atom stereocenters. The van der Waals surface area contributed by atoms with E-state index >= 15 is 0 Å². The molecule has 0 bridgehead atoms. The van der Waals surface area contributed by atoms with Crippen molar-refractivity contribution in [1.82, 2.24) is 14.5 Å². The second-order valence-corrected chi connectivity index (χ2v) is 16.2. The number of nitrogens with zero attached hydrogens (tertiary/aromatic N) is 3. The Hall–Kier alpha value is -2.03. The lowest BCUT2D eigenvalue weighted by Gasteiger charge is -2.19. The Labute approximate surface area is 193 Å². The minimum Gasteiger partial charge on any atom is -0.456 e. The molecular formula is C23H30BrN3O3Si. The summed E-state index contributed by atoms with van der Waals surface area (Å²) < 4.78 is 14.2. The highest BCUT2D eigenvalue weighted by atomic mass is 79.9. The van der Waals surface area contributed by atoms with Crippen molar-refractivity contribution in [1.29, 1.82) is 0 Å². The molecule has 0 saturated carbocycles. The Morgan fingerprint density at radius 3 is 2.61 bits per heavy atom. The van der Waals surface area contributed by atoms with Crippen LogP contribution in [0.15, 0.2) is 41.1 Å². The number of rotatable bonds is 7. The van der Waals surface area contributed by atoms with Crippen molar-refractivity contribution in [3.63, 3.8) is 0 Å². The zero-order valence-corrected chi connectivity index (χ0v) is 21.6. The van der Waals surface area contributed by atoms with Gasteiger partial charge >= 0.3 is 5.97 Å². The van der Waals surface area contributed by atoms with Crippen LogP contribution < -0.4 is 0 Å². The standard InChI is InChI=1S/C23H30BrN3O3Si/c1-23(2,3)30-22(28)17-9-7-8-16(12-17)19-13-18-21(25-14-20(24)26-18)27(19)15-29-10-11-31(4,5)6/h7-9,12-14H,10-11,15H2,1-6H3. The number of fused-ring (bicyclic) bond motifs is 1. The average Bonchev–Trinajstić information content (AvgIpc) is 3.01. The van der Waals surface area contributed by atoms with E-state index in [2.05, 4.69) is 45.5 Å². The summed E-state index contributed by atoms with van der Waals surface area (Å²) in [6.45, 7) is 13.7. The van der Waals surface area contributed by atoms with Crippen LogP contribution in [0.3, 0.4) is 0 Å². The zero-order chi connectivity index (χ0) is 22.8. The van der Waals surface area contributed by atoms with Gasteiger partial charge in [0.1, 0.15) is 22.5 Å². The maximum Gasteiger partial charge on any atom is 0.338 e. The fourth-order valence-electron chi connectivity index (χ4n) is 3.05. The van der Waals surface area contributed by atoms with Crippen LogP contribution in [-0.2, 0) is 16.2 Å². The molecule has 6 nitrogen and oxygen atoms in total. The summed E-state index contributed by atoms with van der Waals surface area (Å²) in [6, 6.07) is 10.5. The van der Waals surface area contributed by atoms with E-state index in [1.165, 1.54) is 0 Å². The van der Waals surface area contributed by atoms with Gasteiger partial charge in [0.15, 0.2) is 5.65 Å². The van der Waals surface area contributed by atoms with Gasteiger partial charge in [-0.15, -0.1) is 0 Å². The first-order valence-corrected chi connectivity index (χ1v) is 14.9. The highest BCUT2D eigenvalue weighted by molar-refractivity contribution is 9.10. The average molecular weight is 505 g/mol. The number of hydrogen-bond acceptors (Lipinski definition) is 5. The number of carbonyl (C=O) groups excluding carboxylic acids is 1. The van der Waals surface area contributed by atoms with Crippen LogP contribution in [0, 0.1) is 0 Å². The second kappa shape index (κ2) is 9.22. The molecule has 31 heavy (non-hydrogen) atoms. The third-order valence-electron chi connectivity index (χ3n) is 4.58. The number of ether oxygens (including phenoxy) is 2. The van der Waals surface area contributed by atoms with Gasteiger partial charge < -0.3 is 9.47 Å². The van der Waals surface area contributed by atoms with Crippen LogP contribution in [-0.4, -0.2) is 40.8 Å². The lowest BCUT2D eigenvalue weighted by Crippen LogP contribution is -2.23. The van der Waals surface area contributed by atoms with E-state index in [-0.39, 0.29) is 5.97 Å². The SMILES string of the molecule is CC(C)(C)OC(=O)c1cccc(-c2cc3nc(Br)cnc3n2COCC[Si](C)(C)C)c1. The maximum absolute atomic E-state index is 12.6. The fourth-order valence-corrected chi connectivity index (χ4v) is 4.10. The molecule has 0 amide bonds. The van der Waals surface area contributed by atoms with Crippen molar-refractivity contribution in [3.05, 3.63) is 46.7 Å². The highest BCUT2D eigenvalue weighted by Gasteiger charge is 2.20. The molecule has 166 valence electrons. The van der Waals surface area contributed by atoms with Crippen LogP contribution in [0.4, 0.5) is 0 Å². The first-order valence-electron chi connectivity index (χ1n) is 10.4. The second-order valence-electron chi connectivity index (χ2n) is 9.79. The summed E-state index contributed by atoms with van der Waals surface area (Å²) in [5, 5.41) is 0. The summed E-state index contributed by atoms with van der Waals surface area (Å²) in [7, 11) is -1.18. The van der Waals surface area contributed by atoms with E-state index in [4.69, 9.17) is 9.47 Å². The Morgan fingerprint density at radius 1 is 1.19 bits per heavy atom. The summed E-state index contributed by atoms with van der Waals surface area (Å²) in [5.41, 5.74) is 3.24. The lowest BCUT2D eigenvalue weighted by molar-refractivity contribution is 0.00695. The summed E-state index contributed by atoms with van der Waals surface area (Å²) >= 11 is 3.40. The van der Waals surface area contributed by atoms with E-state index in [0.717, 1.165) is 28.5 Å². The Balaban J connectivity index is 1.95. The van der Waals surface area contributed by atoms with Crippen molar-refractivity contribution in [2.75, 3.05) is 6.61 Å². The van der Waals surface area contributed by atoms with Crippen LogP contribution in [0.25, 0.3) is 22.4 Å². The molecule has 0 spiro atoms. The number of aromatic nitrogens is 3. The van der Waals surface area contributed by atoms with Gasteiger partial charge in [-0.3, -0.25) is 4.57 Å². The predicted octanol–water partition coefficient (Wildman–Crippen LogP) is 6.13. The van der Waals surface area contributed by atoms with Crippen molar-refractivity contribution >= 4 is 41.1 Å². The minimum atomic E-state index is -1.18. The molecule has 0 aliphatic heterocycles. The van der Waals surface area contributed by atoms with Gasteiger partial charge in [-0.25, -0.2) is 14.8 Å². The molecule has 2 aromatic heterocycles. The normalized spacial score (nSPS) is 12.4. The van der Waals surface area contributed by atoms with E-state index in [9.17, 15) is 4.79 Å². The number of carbonyl (C=O) groups is 1. The van der Waals surface area contributed by atoms with E-state index in [0.29, 0.717) is 23.5 Å². The molecule has 0 N–H and O–H groups in total. The van der Waals surface area contributed by atoms with Gasteiger partial charge in [0, 0.05) is 14.7 Å². The quantitative estimate of drug-likeness (QED) is 0.220. The fraction of sp³-hybridized carbons (Fsp3) is 0.435. The number of benzene rings is 1. The van der Waals surface area contributed by atoms with Gasteiger partial charge in [0.05, 0.1) is 17.5 Å². The summed E-state index contributed by atoms with van der Waals surface area (Å²) in [5.74, 6) is -0.345. The molecule has 2 heterocycles. The van der Waals surface area contributed by atoms with Crippen molar-refractivity contribution in [2.24, 2.45) is 0 Å². The number of halogens is 1. The van der Waals surface area contributed by atoms with Crippen molar-refractivity contribution < 1.29 is 14.3 Å². The molecule has 3 rings (SSSR count). The van der Waals surface area contributed by atoms with E-state index in [1.54, 1.807) is 12.3 Å². The van der Waals surface area contributed by atoms with Gasteiger partial charge in [-0.2, -0.15) is 0 Å². The van der Waals surface area contributed by atoms with Crippen LogP contribution >= 0.6 is 15.9 Å². The smallest absolute Gasteiger partial charge is 0.338 e. The largest absolute Gasteiger partial charge is 0.456 e. The Kier molecular flexibility index (Phi) is 7.03. The van der Waals surface area contributed by atoms with Gasteiger partial charge in [0.25, 0.3) is 0 Å². The maximum atomic E-state index is 12.6. The third-order valence-corrected chi connectivity index (χ3v) is 6.67. The van der Waals surface area contributed by atoms with Gasteiger partial charge in [-0.1, -0.05) is 31.8 Å². The molecular weight excluding hydrogens is 474 g/mol. The zero-order valence-electron chi connectivity index (χ0n) is 19.0. The molecule has 0 radical (unpaired) electrons. The van der Waals surface area contributed by atoms with Crippen LogP contribution in [0.5, 0.6) is 0 Å². The minimum absolute atomic E-state index is 0.345. The summed E-state index contributed by atoms with van der Waals surface area (Å²) in [6.07, 6.45) is 1.68. The van der Waals surface area contributed by atoms with Crippen molar-refractivity contribution in [2.45, 2.75) is 58.8 Å². The Bertz CT molecular complexity index is 1080. The van der Waals surface area contributed by atoms with E-state index < -0.39 is 13.7 Å². The molecule has 3 aromatic rings. The first kappa shape index (κ1) is 23.6. The third kappa shape index (κ3) is 6.47. The van der Waals surface area contributed by atoms with Gasteiger partial charge in [0.2, 0.25) is 0 Å². The van der Waals surface area contributed by atoms with Gasteiger partial charge in [-0.05, 0) is 66.5 Å². The topological polar surface area (TPSA) is 66.2 Å². The first-order chi connectivity index (χ1) is 14.4. The van der Waals surface area contributed by atoms with Crippen molar-refractivity contribution in [3.8, 4) is 11.3 Å². The molecule has 8 heteroatoms. The van der Waals surface area contributed by atoms with Crippen LogP contribution in [0.1, 0.15) is 31.1 Å². The predicted molar refractivity (Wildman–Crippen MR) is 130 cm³/mol. The molecule has 0 aliphatic rings. The summed E-state index contributed by atoms with van der Waals surface area (Å²) in [4.78, 5) is 21.7. The molecule has 0 saturated heterocycles. The molecule has 0 aliphatic carbocycles. The molecule has 0 fully saturated rings. The monoisotopic (exact) mass is 503 g/mol. The number of hydrogen-bond donors (Lipinski definition) is 0. The highest BCUT2D eigenvalue weighted by Crippen LogP contribution is 2.28. The van der Waals surface area contributed by atoms with Crippen LogP contribution in [0.2, 0.25) is 25.7 Å². The molecule has 1 aromatic carbocycles. The lowest BCUT2D eigenvalue weighted by atomic mass is 10.1. The van der Waals surface area contributed by atoms with E-state index in [1.807, 2.05) is 49.6 Å².